The van der Waals surface area contributed by atoms with Gasteiger partial charge in [0.2, 0.25) is 5.91 Å². The molecule has 1 aromatic carbocycles. The second-order valence-electron chi connectivity index (χ2n) is 4.16. The van der Waals surface area contributed by atoms with Gasteiger partial charge in [-0.1, -0.05) is 18.2 Å². The van der Waals surface area contributed by atoms with Crippen molar-refractivity contribution in [2.75, 3.05) is 17.3 Å². The molecule has 0 radical (unpaired) electrons. The minimum atomic E-state index is -3.20. The zero-order chi connectivity index (χ0) is 14.5. The summed E-state index contributed by atoms with van der Waals surface area (Å²) in [4.78, 5) is 22.2. The SMILES string of the molecule is CS(=O)(=O)CCC(=O)Nc1ccccc1CC(=O)O. The lowest BCUT2D eigenvalue weighted by Gasteiger charge is -2.09. The molecule has 6 nitrogen and oxygen atoms in total. The number of carbonyl (C=O) groups is 2. The van der Waals surface area contributed by atoms with Gasteiger partial charge in [-0.15, -0.1) is 0 Å². The van der Waals surface area contributed by atoms with Crippen molar-refractivity contribution in [3.8, 4) is 0 Å². The van der Waals surface area contributed by atoms with E-state index in [0.717, 1.165) is 6.26 Å². The number of aliphatic carboxylic acids is 1. The fourth-order valence-electron chi connectivity index (χ4n) is 1.45. The number of nitrogens with one attached hydrogen (secondary N) is 1. The van der Waals surface area contributed by atoms with Crippen LogP contribution >= 0.6 is 0 Å². The predicted molar refractivity (Wildman–Crippen MR) is 70.7 cm³/mol. The highest BCUT2D eigenvalue weighted by Gasteiger charge is 2.11. The van der Waals surface area contributed by atoms with Crippen molar-refractivity contribution in [3.63, 3.8) is 0 Å². The summed E-state index contributed by atoms with van der Waals surface area (Å²) in [6.07, 6.45) is 0.696. The number of para-hydroxylation sites is 1. The van der Waals surface area contributed by atoms with Crippen LogP contribution in [0.3, 0.4) is 0 Å². The van der Waals surface area contributed by atoms with Gasteiger partial charge in [-0.05, 0) is 11.6 Å². The molecule has 0 spiro atoms. The minimum absolute atomic E-state index is 0.153. The van der Waals surface area contributed by atoms with E-state index < -0.39 is 21.7 Å². The van der Waals surface area contributed by atoms with Crippen LogP contribution in [0.25, 0.3) is 0 Å². The topological polar surface area (TPSA) is 101 Å². The van der Waals surface area contributed by atoms with Crippen molar-refractivity contribution in [1.29, 1.82) is 0 Å². The fraction of sp³-hybridized carbons (Fsp3) is 0.333. The number of benzene rings is 1. The highest BCUT2D eigenvalue weighted by molar-refractivity contribution is 7.90. The smallest absolute Gasteiger partial charge is 0.307 e. The van der Waals surface area contributed by atoms with Crippen LogP contribution in [0.4, 0.5) is 5.69 Å². The van der Waals surface area contributed by atoms with Crippen molar-refractivity contribution in [3.05, 3.63) is 29.8 Å². The first kappa shape index (κ1) is 15.2. The number of rotatable bonds is 6. The van der Waals surface area contributed by atoms with Gasteiger partial charge in [0.25, 0.3) is 0 Å². The predicted octanol–water partition coefficient (Wildman–Crippen LogP) is 0.687. The molecule has 1 aromatic rings. The van der Waals surface area contributed by atoms with Crippen molar-refractivity contribution < 1.29 is 23.1 Å². The number of carboxylic acid groups (broad SMARTS) is 1. The molecule has 0 aliphatic rings. The largest absolute Gasteiger partial charge is 0.481 e. The van der Waals surface area contributed by atoms with E-state index in [1.807, 2.05) is 0 Å². The van der Waals surface area contributed by atoms with Crippen molar-refractivity contribution in [1.82, 2.24) is 0 Å². The molecule has 0 unspecified atom stereocenters. The maximum atomic E-state index is 11.6. The summed E-state index contributed by atoms with van der Waals surface area (Å²) in [6, 6.07) is 6.51. The van der Waals surface area contributed by atoms with E-state index in [9.17, 15) is 18.0 Å². The summed E-state index contributed by atoms with van der Waals surface area (Å²) in [5.41, 5.74) is 0.867. The number of hydrogen-bond donors (Lipinski definition) is 2. The van der Waals surface area contributed by atoms with Crippen LogP contribution in [0, 0.1) is 0 Å². The zero-order valence-corrected chi connectivity index (χ0v) is 11.2. The first-order valence-corrected chi connectivity index (χ1v) is 7.61. The van der Waals surface area contributed by atoms with Crippen molar-refractivity contribution >= 4 is 27.4 Å². The van der Waals surface area contributed by atoms with Crippen LogP contribution in [0.1, 0.15) is 12.0 Å². The Balaban J connectivity index is 2.71. The van der Waals surface area contributed by atoms with Gasteiger partial charge in [0.15, 0.2) is 0 Å². The van der Waals surface area contributed by atoms with Crippen LogP contribution in [0.2, 0.25) is 0 Å². The Kier molecular flexibility index (Phi) is 5.05. The highest BCUT2D eigenvalue weighted by atomic mass is 32.2. The molecule has 0 fully saturated rings. The van der Waals surface area contributed by atoms with Gasteiger partial charge in [0, 0.05) is 18.4 Å². The number of carbonyl (C=O) groups excluding carboxylic acids is 1. The van der Waals surface area contributed by atoms with E-state index in [4.69, 9.17) is 5.11 Å². The standard InChI is InChI=1S/C12H15NO5S/c1-19(17,18)7-6-11(14)13-10-5-3-2-4-9(10)8-12(15)16/h2-5H,6-8H2,1H3,(H,13,14)(H,15,16). The normalized spacial score (nSPS) is 11.0. The first-order chi connectivity index (χ1) is 8.78. The fourth-order valence-corrected chi connectivity index (χ4v) is 2.01. The Morgan fingerprint density at radius 3 is 2.47 bits per heavy atom. The quantitative estimate of drug-likeness (QED) is 0.800. The number of anilines is 1. The summed E-state index contributed by atoms with van der Waals surface area (Å²) < 4.78 is 21.9. The van der Waals surface area contributed by atoms with E-state index in [-0.39, 0.29) is 18.6 Å². The molecule has 0 heterocycles. The molecule has 0 saturated carbocycles. The molecule has 104 valence electrons. The molecule has 0 aromatic heterocycles. The Morgan fingerprint density at radius 1 is 1.26 bits per heavy atom. The molecule has 1 rings (SSSR count). The van der Waals surface area contributed by atoms with Crippen molar-refractivity contribution in [2.24, 2.45) is 0 Å². The third-order valence-corrected chi connectivity index (χ3v) is 3.28. The minimum Gasteiger partial charge on any atom is -0.481 e. The lowest BCUT2D eigenvalue weighted by molar-refractivity contribution is -0.136. The number of sulfone groups is 1. The third kappa shape index (κ3) is 6.01. The summed E-state index contributed by atoms with van der Waals surface area (Å²) >= 11 is 0. The van der Waals surface area contributed by atoms with Crippen LogP contribution in [-0.2, 0) is 25.8 Å². The van der Waals surface area contributed by atoms with Gasteiger partial charge >= 0.3 is 5.97 Å². The molecule has 19 heavy (non-hydrogen) atoms. The molecule has 2 N–H and O–H groups in total. The Bertz CT molecular complexity index is 580. The van der Waals surface area contributed by atoms with Crippen LogP contribution in [0.5, 0.6) is 0 Å². The van der Waals surface area contributed by atoms with Gasteiger partial charge in [-0.25, -0.2) is 8.42 Å². The van der Waals surface area contributed by atoms with Gasteiger partial charge < -0.3 is 10.4 Å². The van der Waals surface area contributed by atoms with E-state index in [1.165, 1.54) is 0 Å². The second-order valence-corrected chi connectivity index (χ2v) is 6.42. The average molecular weight is 285 g/mol. The maximum Gasteiger partial charge on any atom is 0.307 e. The second kappa shape index (κ2) is 6.33. The number of amides is 1. The summed E-state index contributed by atoms with van der Waals surface area (Å²) in [6.45, 7) is 0. The van der Waals surface area contributed by atoms with Gasteiger partial charge in [0.1, 0.15) is 9.84 Å². The molecule has 0 saturated heterocycles. The summed E-state index contributed by atoms with van der Waals surface area (Å²) in [5.74, 6) is -1.69. The first-order valence-electron chi connectivity index (χ1n) is 5.55. The van der Waals surface area contributed by atoms with Crippen LogP contribution in [0.15, 0.2) is 24.3 Å². The maximum absolute atomic E-state index is 11.6. The van der Waals surface area contributed by atoms with E-state index in [2.05, 4.69) is 5.32 Å². The summed E-state index contributed by atoms with van der Waals surface area (Å²) in [5, 5.41) is 11.3. The van der Waals surface area contributed by atoms with Crippen LogP contribution in [-0.4, -0.2) is 37.4 Å². The monoisotopic (exact) mass is 285 g/mol. The number of hydrogen-bond acceptors (Lipinski definition) is 4. The molecule has 0 aliphatic carbocycles. The summed E-state index contributed by atoms with van der Waals surface area (Å²) in [7, 11) is -3.20. The van der Waals surface area contributed by atoms with E-state index in [0.29, 0.717) is 11.3 Å². The lowest BCUT2D eigenvalue weighted by Crippen LogP contribution is -2.17. The van der Waals surface area contributed by atoms with E-state index >= 15 is 0 Å². The molecule has 7 heteroatoms. The van der Waals surface area contributed by atoms with Gasteiger partial charge in [0.05, 0.1) is 12.2 Å². The molecule has 0 aliphatic heterocycles. The molecule has 1 amide bonds. The third-order valence-electron chi connectivity index (χ3n) is 2.33. The molecule has 0 atom stereocenters. The average Bonchev–Trinajstić information content (AvgIpc) is 2.27. The molecular weight excluding hydrogens is 270 g/mol. The molecular formula is C12H15NO5S. The Labute approximate surface area is 111 Å². The Morgan fingerprint density at radius 2 is 1.89 bits per heavy atom. The highest BCUT2D eigenvalue weighted by Crippen LogP contribution is 2.16. The Hall–Kier alpha value is -1.89. The zero-order valence-electron chi connectivity index (χ0n) is 10.4. The van der Waals surface area contributed by atoms with Gasteiger partial charge in [-0.3, -0.25) is 9.59 Å². The van der Waals surface area contributed by atoms with Crippen LogP contribution < -0.4 is 5.32 Å². The lowest BCUT2D eigenvalue weighted by atomic mass is 10.1. The molecule has 0 bridgehead atoms. The number of carboxylic acids is 1. The van der Waals surface area contributed by atoms with Gasteiger partial charge in [-0.2, -0.15) is 0 Å². The van der Waals surface area contributed by atoms with E-state index in [1.54, 1.807) is 24.3 Å². The van der Waals surface area contributed by atoms with Crippen molar-refractivity contribution in [2.45, 2.75) is 12.8 Å².